The van der Waals surface area contributed by atoms with E-state index in [1.807, 2.05) is 25.2 Å². The van der Waals surface area contributed by atoms with Gasteiger partial charge < -0.3 is 4.43 Å². The molecule has 1 heterocycles. The van der Waals surface area contributed by atoms with Crippen molar-refractivity contribution >= 4 is 30.3 Å². The number of hydrogen-bond acceptors (Lipinski definition) is 2. The molecule has 0 aliphatic heterocycles. The summed E-state index contributed by atoms with van der Waals surface area (Å²) in [5.41, 5.74) is 0.821. The van der Waals surface area contributed by atoms with Crippen molar-refractivity contribution in [3.8, 4) is 5.88 Å². The van der Waals surface area contributed by atoms with Crippen LogP contribution in [-0.2, 0) is 12.9 Å². The maximum Gasteiger partial charge on any atom is 0.321 e. The SMILES string of the molecule is Cn1nc(CCl)cc1O[Si](c1ccccc1)(c1ccccc1)C(C)(C)C. The van der Waals surface area contributed by atoms with Crippen molar-refractivity contribution < 1.29 is 4.43 Å². The Labute approximate surface area is 161 Å². The van der Waals surface area contributed by atoms with E-state index in [2.05, 4.69) is 74.4 Å². The molecule has 0 radical (unpaired) electrons. The third-order valence-corrected chi connectivity index (χ3v) is 9.89. The normalized spacial score (nSPS) is 12.2. The van der Waals surface area contributed by atoms with Gasteiger partial charge in [-0.2, -0.15) is 5.10 Å². The summed E-state index contributed by atoms with van der Waals surface area (Å²) in [6.07, 6.45) is 0. The predicted molar refractivity (Wildman–Crippen MR) is 111 cm³/mol. The Morgan fingerprint density at radius 3 is 1.85 bits per heavy atom. The molecule has 0 saturated heterocycles. The minimum absolute atomic E-state index is 0.0822. The van der Waals surface area contributed by atoms with Gasteiger partial charge in [0.15, 0.2) is 5.88 Å². The third-order valence-electron chi connectivity index (χ3n) is 4.70. The van der Waals surface area contributed by atoms with Crippen LogP contribution in [-0.4, -0.2) is 18.1 Å². The standard InChI is InChI=1S/C21H25ClN2OSi/c1-21(2,3)26(18-11-7-5-8-12-18,19-13-9-6-10-14-19)25-20-15-17(16-22)23-24(20)4/h5-15H,16H2,1-4H3. The largest absolute Gasteiger partial charge is 0.521 e. The smallest absolute Gasteiger partial charge is 0.321 e. The van der Waals surface area contributed by atoms with E-state index < -0.39 is 8.32 Å². The first-order valence-corrected chi connectivity index (χ1v) is 11.2. The van der Waals surface area contributed by atoms with Gasteiger partial charge in [0, 0.05) is 13.1 Å². The highest BCUT2D eigenvalue weighted by Crippen LogP contribution is 2.37. The van der Waals surface area contributed by atoms with Crippen molar-refractivity contribution in [3.63, 3.8) is 0 Å². The van der Waals surface area contributed by atoms with E-state index in [0.717, 1.165) is 11.6 Å². The van der Waals surface area contributed by atoms with Crippen LogP contribution in [0.2, 0.25) is 5.04 Å². The Morgan fingerprint density at radius 1 is 0.962 bits per heavy atom. The highest BCUT2D eigenvalue weighted by Gasteiger charge is 2.52. The Morgan fingerprint density at radius 2 is 1.46 bits per heavy atom. The van der Waals surface area contributed by atoms with Crippen LogP contribution in [0.4, 0.5) is 0 Å². The molecular weight excluding hydrogens is 360 g/mol. The van der Waals surface area contributed by atoms with Crippen LogP contribution in [0.3, 0.4) is 0 Å². The Hall–Kier alpha value is -2.04. The molecule has 3 rings (SSSR count). The maximum atomic E-state index is 6.93. The Bertz CT molecular complexity index is 817. The number of alkyl halides is 1. The molecule has 0 fully saturated rings. The molecule has 2 aromatic carbocycles. The quantitative estimate of drug-likeness (QED) is 0.489. The summed E-state index contributed by atoms with van der Waals surface area (Å²) in [6, 6.07) is 23.1. The summed E-state index contributed by atoms with van der Waals surface area (Å²) >= 11 is 5.99. The van der Waals surface area contributed by atoms with E-state index in [9.17, 15) is 0 Å². The van der Waals surface area contributed by atoms with Crippen molar-refractivity contribution in [1.29, 1.82) is 0 Å². The van der Waals surface area contributed by atoms with E-state index in [4.69, 9.17) is 16.0 Å². The van der Waals surface area contributed by atoms with Crippen LogP contribution in [0.25, 0.3) is 0 Å². The van der Waals surface area contributed by atoms with Crippen LogP contribution in [0.15, 0.2) is 66.7 Å². The summed E-state index contributed by atoms with van der Waals surface area (Å²) in [5, 5.41) is 6.87. The van der Waals surface area contributed by atoms with Crippen LogP contribution in [0.1, 0.15) is 26.5 Å². The van der Waals surface area contributed by atoms with Crippen molar-refractivity contribution in [2.45, 2.75) is 31.7 Å². The molecule has 0 unspecified atom stereocenters. The van der Waals surface area contributed by atoms with Gasteiger partial charge in [-0.3, -0.25) is 0 Å². The van der Waals surface area contributed by atoms with Gasteiger partial charge >= 0.3 is 8.32 Å². The number of nitrogens with zero attached hydrogens (tertiary/aromatic N) is 2. The highest BCUT2D eigenvalue weighted by molar-refractivity contribution is 7.00. The first-order valence-electron chi connectivity index (χ1n) is 8.77. The number of rotatable bonds is 5. The first-order chi connectivity index (χ1) is 12.4. The van der Waals surface area contributed by atoms with Gasteiger partial charge in [0.05, 0.1) is 11.6 Å². The maximum absolute atomic E-state index is 6.93. The minimum atomic E-state index is -2.62. The van der Waals surface area contributed by atoms with E-state index in [-0.39, 0.29) is 5.04 Å². The average molecular weight is 385 g/mol. The number of halogens is 1. The molecule has 0 aliphatic rings. The second-order valence-electron chi connectivity index (χ2n) is 7.50. The molecule has 0 spiro atoms. The first kappa shape index (κ1) is 18.7. The second kappa shape index (κ2) is 7.29. The van der Waals surface area contributed by atoms with Crippen LogP contribution >= 0.6 is 11.6 Å². The topological polar surface area (TPSA) is 27.1 Å². The van der Waals surface area contributed by atoms with Gasteiger partial charge in [0.2, 0.25) is 0 Å². The monoisotopic (exact) mass is 384 g/mol. The lowest BCUT2D eigenvalue weighted by atomic mass is 10.2. The lowest BCUT2D eigenvalue weighted by molar-refractivity contribution is 0.460. The van der Waals surface area contributed by atoms with Crippen molar-refractivity contribution in [1.82, 2.24) is 9.78 Å². The van der Waals surface area contributed by atoms with Crippen molar-refractivity contribution in [3.05, 3.63) is 72.4 Å². The number of aryl methyl sites for hydroxylation is 1. The molecule has 1 aromatic heterocycles. The molecule has 136 valence electrons. The lowest BCUT2D eigenvalue weighted by Crippen LogP contribution is -2.69. The summed E-state index contributed by atoms with van der Waals surface area (Å²) in [5.74, 6) is 1.13. The Kier molecular flexibility index (Phi) is 5.26. The van der Waals surface area contributed by atoms with E-state index >= 15 is 0 Å². The van der Waals surface area contributed by atoms with Crippen molar-refractivity contribution in [2.24, 2.45) is 7.05 Å². The fraction of sp³-hybridized carbons (Fsp3) is 0.286. The fourth-order valence-corrected chi connectivity index (χ4v) is 8.04. The molecule has 0 saturated carbocycles. The van der Waals surface area contributed by atoms with Gasteiger partial charge in [-0.25, -0.2) is 4.68 Å². The zero-order valence-electron chi connectivity index (χ0n) is 15.7. The zero-order chi connectivity index (χ0) is 18.8. The van der Waals surface area contributed by atoms with Gasteiger partial charge in [0.25, 0.3) is 0 Å². The molecule has 0 bridgehead atoms. The molecule has 3 aromatic rings. The molecule has 0 N–H and O–H groups in total. The van der Waals surface area contributed by atoms with Gasteiger partial charge in [0.1, 0.15) is 0 Å². The lowest BCUT2D eigenvalue weighted by Gasteiger charge is -2.42. The molecular formula is C21H25ClN2OSi. The predicted octanol–water partition coefficient (Wildman–Crippen LogP) is 4.10. The second-order valence-corrected chi connectivity index (χ2v) is 12.0. The van der Waals surface area contributed by atoms with Crippen molar-refractivity contribution in [2.75, 3.05) is 0 Å². The summed E-state index contributed by atoms with van der Waals surface area (Å²) in [4.78, 5) is 0. The molecule has 3 nitrogen and oxygen atoms in total. The number of hydrogen-bond donors (Lipinski definition) is 0. The Balaban J connectivity index is 2.25. The molecule has 0 aliphatic carbocycles. The molecule has 26 heavy (non-hydrogen) atoms. The van der Waals surface area contributed by atoms with Gasteiger partial charge in [-0.1, -0.05) is 81.4 Å². The number of aromatic nitrogens is 2. The highest BCUT2D eigenvalue weighted by atomic mass is 35.5. The van der Waals surface area contributed by atoms with E-state index in [1.165, 1.54) is 10.4 Å². The molecule has 0 amide bonds. The summed E-state index contributed by atoms with van der Waals surface area (Å²) < 4.78 is 8.72. The summed E-state index contributed by atoms with van der Waals surface area (Å²) in [6.45, 7) is 6.79. The third kappa shape index (κ3) is 3.31. The van der Waals surface area contributed by atoms with Crippen LogP contribution in [0, 0.1) is 0 Å². The minimum Gasteiger partial charge on any atom is -0.521 e. The van der Waals surface area contributed by atoms with E-state index in [0.29, 0.717) is 5.88 Å². The summed E-state index contributed by atoms with van der Waals surface area (Å²) in [7, 11) is -0.719. The van der Waals surface area contributed by atoms with Gasteiger partial charge in [-0.15, -0.1) is 11.6 Å². The molecule has 0 atom stereocenters. The van der Waals surface area contributed by atoms with Crippen LogP contribution < -0.4 is 14.8 Å². The zero-order valence-corrected chi connectivity index (χ0v) is 17.5. The van der Waals surface area contributed by atoms with E-state index in [1.54, 1.807) is 4.68 Å². The number of benzene rings is 2. The van der Waals surface area contributed by atoms with Crippen LogP contribution in [0.5, 0.6) is 5.88 Å². The molecule has 5 heteroatoms. The fourth-order valence-electron chi connectivity index (χ4n) is 3.47. The average Bonchev–Trinajstić information content (AvgIpc) is 3.00. The van der Waals surface area contributed by atoms with Gasteiger partial charge in [-0.05, 0) is 15.4 Å².